The normalized spacial score (nSPS) is 12.9. The number of hydrogen-bond donors (Lipinski definition) is 1. The zero-order valence-corrected chi connectivity index (χ0v) is 12.2. The molecule has 1 rings (SSSR count). The van der Waals surface area contributed by atoms with Crippen LogP contribution in [0.3, 0.4) is 0 Å². The Bertz CT molecular complexity index is 346. The molecule has 0 aliphatic rings. The number of nitrogens with one attached hydrogen (secondary N) is 1. The van der Waals surface area contributed by atoms with E-state index in [0.717, 1.165) is 30.2 Å². The molecule has 0 heterocycles. The number of methoxy groups -OCH3 is 1. The lowest BCUT2D eigenvalue weighted by Gasteiger charge is -2.28. The van der Waals surface area contributed by atoms with Crippen molar-refractivity contribution in [2.75, 3.05) is 33.9 Å². The van der Waals surface area contributed by atoms with Gasteiger partial charge in [0.05, 0.1) is 6.61 Å². The lowest BCUT2D eigenvalue weighted by Crippen LogP contribution is -2.42. The standard InChI is InChI=1S/C14H23ClN2O/c1-4-16-9-13(11-18-3)17(2)10-12-7-5-6-8-14(12)15/h5-8,13,16H,4,9-11H2,1-3H3. The van der Waals surface area contributed by atoms with Crippen molar-refractivity contribution in [3.05, 3.63) is 34.9 Å². The molecule has 18 heavy (non-hydrogen) atoms. The van der Waals surface area contributed by atoms with E-state index in [1.807, 2.05) is 18.2 Å². The summed E-state index contributed by atoms with van der Waals surface area (Å²) < 4.78 is 5.28. The van der Waals surface area contributed by atoms with Gasteiger partial charge in [-0.1, -0.05) is 36.7 Å². The maximum Gasteiger partial charge on any atom is 0.0630 e. The second-order valence-corrected chi connectivity index (χ2v) is 4.83. The number of ether oxygens (including phenoxy) is 1. The minimum atomic E-state index is 0.353. The van der Waals surface area contributed by atoms with E-state index in [4.69, 9.17) is 16.3 Å². The molecule has 3 nitrogen and oxygen atoms in total. The monoisotopic (exact) mass is 270 g/mol. The van der Waals surface area contributed by atoms with Gasteiger partial charge in [-0.25, -0.2) is 0 Å². The largest absolute Gasteiger partial charge is 0.383 e. The topological polar surface area (TPSA) is 24.5 Å². The summed E-state index contributed by atoms with van der Waals surface area (Å²) in [5.74, 6) is 0. The number of benzene rings is 1. The van der Waals surface area contributed by atoms with E-state index in [2.05, 4.69) is 30.3 Å². The molecule has 0 aromatic heterocycles. The third kappa shape index (κ3) is 4.94. The Balaban J connectivity index is 2.60. The Morgan fingerprint density at radius 3 is 2.72 bits per heavy atom. The Morgan fingerprint density at radius 2 is 2.11 bits per heavy atom. The summed E-state index contributed by atoms with van der Waals surface area (Å²) in [7, 11) is 3.84. The van der Waals surface area contributed by atoms with Gasteiger partial charge in [-0.2, -0.15) is 0 Å². The molecular formula is C14H23ClN2O. The summed E-state index contributed by atoms with van der Waals surface area (Å²) in [5, 5.41) is 4.18. The molecule has 1 atom stereocenters. The summed E-state index contributed by atoms with van der Waals surface area (Å²) in [6.45, 7) is 5.55. The zero-order valence-electron chi connectivity index (χ0n) is 11.4. The summed E-state index contributed by atoms with van der Waals surface area (Å²) in [5.41, 5.74) is 1.15. The summed E-state index contributed by atoms with van der Waals surface area (Å²) >= 11 is 6.18. The van der Waals surface area contributed by atoms with Crippen LogP contribution >= 0.6 is 11.6 Å². The van der Waals surface area contributed by atoms with Crippen molar-refractivity contribution in [3.63, 3.8) is 0 Å². The molecule has 0 spiro atoms. The van der Waals surface area contributed by atoms with Crippen LogP contribution in [0.4, 0.5) is 0 Å². The fourth-order valence-corrected chi connectivity index (χ4v) is 2.07. The first-order valence-corrected chi connectivity index (χ1v) is 6.70. The molecule has 0 amide bonds. The van der Waals surface area contributed by atoms with Crippen molar-refractivity contribution in [1.29, 1.82) is 0 Å². The van der Waals surface area contributed by atoms with E-state index in [-0.39, 0.29) is 0 Å². The third-order valence-corrected chi connectivity index (χ3v) is 3.36. The highest BCUT2D eigenvalue weighted by molar-refractivity contribution is 6.31. The van der Waals surface area contributed by atoms with Gasteiger partial charge in [0.15, 0.2) is 0 Å². The molecule has 0 radical (unpaired) electrons. The molecule has 0 aliphatic carbocycles. The fourth-order valence-electron chi connectivity index (χ4n) is 1.87. The van der Waals surface area contributed by atoms with E-state index in [1.165, 1.54) is 0 Å². The molecule has 0 saturated carbocycles. The van der Waals surface area contributed by atoms with Crippen molar-refractivity contribution < 1.29 is 4.74 Å². The highest BCUT2D eigenvalue weighted by Gasteiger charge is 2.15. The lowest BCUT2D eigenvalue weighted by molar-refractivity contribution is 0.102. The molecule has 0 aliphatic heterocycles. The van der Waals surface area contributed by atoms with Gasteiger partial charge >= 0.3 is 0 Å². The highest BCUT2D eigenvalue weighted by atomic mass is 35.5. The van der Waals surface area contributed by atoms with Gasteiger partial charge in [-0.15, -0.1) is 0 Å². The molecule has 1 aromatic rings. The van der Waals surface area contributed by atoms with Crippen LogP contribution < -0.4 is 5.32 Å². The predicted octanol–water partition coefficient (Wildman–Crippen LogP) is 2.40. The maximum atomic E-state index is 6.18. The Labute approximate surface area is 115 Å². The zero-order chi connectivity index (χ0) is 13.4. The maximum absolute atomic E-state index is 6.18. The van der Waals surface area contributed by atoms with E-state index in [0.29, 0.717) is 12.6 Å². The van der Waals surface area contributed by atoms with Crippen molar-refractivity contribution >= 4 is 11.6 Å². The van der Waals surface area contributed by atoms with Crippen LogP contribution in [0.25, 0.3) is 0 Å². The van der Waals surface area contributed by atoms with Crippen LogP contribution in [0.15, 0.2) is 24.3 Å². The average Bonchev–Trinajstić information content (AvgIpc) is 2.37. The molecular weight excluding hydrogens is 248 g/mol. The van der Waals surface area contributed by atoms with Gasteiger partial charge in [-0.05, 0) is 25.2 Å². The Kier molecular flexibility index (Phi) is 7.28. The molecule has 1 aromatic carbocycles. The molecule has 4 heteroatoms. The number of likely N-dealkylation sites (N-methyl/N-ethyl adjacent to an activating group) is 2. The Hall–Kier alpha value is -0.610. The first-order valence-electron chi connectivity index (χ1n) is 6.32. The molecule has 0 saturated heterocycles. The van der Waals surface area contributed by atoms with Gasteiger partial charge < -0.3 is 10.1 Å². The van der Waals surface area contributed by atoms with E-state index < -0.39 is 0 Å². The minimum absolute atomic E-state index is 0.353. The van der Waals surface area contributed by atoms with Gasteiger partial charge in [0.25, 0.3) is 0 Å². The first kappa shape index (κ1) is 15.4. The number of nitrogens with zero attached hydrogens (tertiary/aromatic N) is 1. The molecule has 0 fully saturated rings. The summed E-state index contributed by atoms with van der Waals surface area (Å²) in [6, 6.07) is 8.32. The highest BCUT2D eigenvalue weighted by Crippen LogP contribution is 2.17. The quantitative estimate of drug-likeness (QED) is 0.785. The third-order valence-electron chi connectivity index (χ3n) is 2.99. The summed E-state index contributed by atoms with van der Waals surface area (Å²) in [6.07, 6.45) is 0. The SMILES string of the molecule is CCNCC(COC)N(C)Cc1ccccc1Cl. The van der Waals surface area contributed by atoms with Gasteiger partial charge in [0.1, 0.15) is 0 Å². The van der Waals surface area contributed by atoms with E-state index in [9.17, 15) is 0 Å². The van der Waals surface area contributed by atoms with Gasteiger partial charge in [0.2, 0.25) is 0 Å². The van der Waals surface area contributed by atoms with E-state index in [1.54, 1.807) is 7.11 Å². The van der Waals surface area contributed by atoms with Gasteiger partial charge in [-0.3, -0.25) is 4.90 Å². The van der Waals surface area contributed by atoms with Crippen molar-refractivity contribution in [2.45, 2.75) is 19.5 Å². The first-order chi connectivity index (χ1) is 8.69. The second-order valence-electron chi connectivity index (χ2n) is 4.42. The Morgan fingerprint density at radius 1 is 1.39 bits per heavy atom. The molecule has 1 unspecified atom stereocenters. The van der Waals surface area contributed by atoms with Crippen molar-refractivity contribution in [1.82, 2.24) is 10.2 Å². The summed E-state index contributed by atoms with van der Waals surface area (Å²) in [4.78, 5) is 2.27. The van der Waals surface area contributed by atoms with Crippen LogP contribution in [0.5, 0.6) is 0 Å². The molecule has 1 N–H and O–H groups in total. The second kappa shape index (κ2) is 8.48. The predicted molar refractivity (Wildman–Crippen MR) is 77.1 cm³/mol. The minimum Gasteiger partial charge on any atom is -0.383 e. The smallest absolute Gasteiger partial charge is 0.0630 e. The van der Waals surface area contributed by atoms with Crippen LogP contribution in [0, 0.1) is 0 Å². The molecule has 0 bridgehead atoms. The number of hydrogen-bond acceptors (Lipinski definition) is 3. The van der Waals surface area contributed by atoms with Crippen LogP contribution in [0.1, 0.15) is 12.5 Å². The van der Waals surface area contributed by atoms with Crippen molar-refractivity contribution in [3.8, 4) is 0 Å². The van der Waals surface area contributed by atoms with Gasteiger partial charge in [0, 0.05) is 31.3 Å². The molecule has 102 valence electrons. The van der Waals surface area contributed by atoms with Crippen LogP contribution in [-0.4, -0.2) is 44.8 Å². The van der Waals surface area contributed by atoms with Crippen molar-refractivity contribution in [2.24, 2.45) is 0 Å². The average molecular weight is 271 g/mol. The van der Waals surface area contributed by atoms with E-state index >= 15 is 0 Å². The lowest BCUT2D eigenvalue weighted by atomic mass is 10.2. The fraction of sp³-hybridized carbons (Fsp3) is 0.571. The number of rotatable bonds is 8. The van der Waals surface area contributed by atoms with Crippen LogP contribution in [0.2, 0.25) is 5.02 Å². The number of halogens is 1. The van der Waals surface area contributed by atoms with Crippen LogP contribution in [-0.2, 0) is 11.3 Å².